The van der Waals surface area contributed by atoms with Crippen LogP contribution >= 0.6 is 11.8 Å². The Morgan fingerprint density at radius 3 is 2.59 bits per heavy atom. The second-order valence-corrected chi connectivity index (χ2v) is 5.45. The molecule has 0 aliphatic heterocycles. The Morgan fingerprint density at radius 1 is 1.53 bits per heavy atom. The van der Waals surface area contributed by atoms with E-state index in [1.807, 2.05) is 0 Å². The summed E-state index contributed by atoms with van der Waals surface area (Å²) in [5.74, 6) is -1.82. The molecule has 0 saturated heterocycles. The Balaban J connectivity index is 3.15. The predicted molar refractivity (Wildman–Crippen MR) is 60.6 cm³/mol. The Bertz CT molecular complexity index is 475. The van der Waals surface area contributed by atoms with Crippen LogP contribution in [0, 0.1) is 15.9 Å². The van der Waals surface area contributed by atoms with Gasteiger partial charge >= 0.3 is 5.97 Å². The van der Waals surface area contributed by atoms with E-state index in [1.165, 1.54) is 19.9 Å². The zero-order valence-electron chi connectivity index (χ0n) is 9.14. The molecule has 0 bridgehead atoms. The van der Waals surface area contributed by atoms with Crippen molar-refractivity contribution < 1.29 is 19.2 Å². The highest BCUT2D eigenvalue weighted by Crippen LogP contribution is 2.38. The molecule has 17 heavy (non-hydrogen) atoms. The highest BCUT2D eigenvalue weighted by molar-refractivity contribution is 8.01. The van der Waals surface area contributed by atoms with E-state index in [0.717, 1.165) is 23.9 Å². The van der Waals surface area contributed by atoms with E-state index in [9.17, 15) is 19.3 Å². The van der Waals surface area contributed by atoms with Crippen LogP contribution in [0.15, 0.2) is 23.1 Å². The van der Waals surface area contributed by atoms with Crippen molar-refractivity contribution in [3.63, 3.8) is 0 Å². The first-order valence-electron chi connectivity index (χ1n) is 4.60. The number of halogens is 1. The third-order valence-corrected chi connectivity index (χ3v) is 3.25. The van der Waals surface area contributed by atoms with Gasteiger partial charge in [0.2, 0.25) is 0 Å². The number of aliphatic carboxylic acids is 1. The summed E-state index contributed by atoms with van der Waals surface area (Å²) in [6, 6.07) is 3.05. The zero-order chi connectivity index (χ0) is 13.2. The van der Waals surface area contributed by atoms with Crippen LogP contribution in [-0.2, 0) is 4.79 Å². The first-order chi connectivity index (χ1) is 7.74. The van der Waals surface area contributed by atoms with E-state index in [1.54, 1.807) is 0 Å². The van der Waals surface area contributed by atoms with Crippen LogP contribution in [0.4, 0.5) is 10.1 Å². The summed E-state index contributed by atoms with van der Waals surface area (Å²) < 4.78 is 11.6. The monoisotopic (exact) mass is 259 g/mol. The molecule has 0 aromatic heterocycles. The fourth-order valence-corrected chi connectivity index (χ4v) is 2.05. The van der Waals surface area contributed by atoms with Crippen LogP contribution in [0.1, 0.15) is 13.8 Å². The van der Waals surface area contributed by atoms with Crippen molar-refractivity contribution in [1.82, 2.24) is 0 Å². The molecule has 0 aliphatic rings. The lowest BCUT2D eigenvalue weighted by Gasteiger charge is -2.18. The number of hydrogen-bond acceptors (Lipinski definition) is 4. The maximum Gasteiger partial charge on any atom is 0.319 e. The van der Waals surface area contributed by atoms with Crippen molar-refractivity contribution >= 4 is 23.4 Å². The van der Waals surface area contributed by atoms with Crippen LogP contribution in [0.2, 0.25) is 0 Å². The Kier molecular flexibility index (Phi) is 3.72. The molecule has 0 atom stereocenters. The molecule has 0 amide bonds. The minimum atomic E-state index is -1.22. The number of nitrogens with zero attached hydrogens (tertiary/aromatic N) is 1. The van der Waals surface area contributed by atoms with E-state index < -0.39 is 27.1 Å². The van der Waals surface area contributed by atoms with Crippen molar-refractivity contribution in [2.75, 3.05) is 0 Å². The topological polar surface area (TPSA) is 80.4 Å². The summed E-state index contributed by atoms with van der Waals surface area (Å²) in [6.07, 6.45) is 0. The normalized spacial score (nSPS) is 11.2. The van der Waals surface area contributed by atoms with Gasteiger partial charge in [-0.1, -0.05) is 0 Å². The summed E-state index contributed by atoms with van der Waals surface area (Å²) in [5.41, 5.74) is -0.427. The lowest BCUT2D eigenvalue weighted by atomic mass is 10.2. The zero-order valence-corrected chi connectivity index (χ0v) is 9.95. The number of carbonyl (C=O) groups is 1. The standard InChI is InChI=1S/C10H10FNO4S/c1-10(2,9(13)14)17-8-4-3-6(11)5-7(8)12(15)16/h3-5H,1-2H3,(H,13,14). The molecule has 0 spiro atoms. The predicted octanol–water partition coefficient (Wildman–Crippen LogP) is 2.69. The molecule has 1 aromatic rings. The molecule has 1 rings (SSSR count). The number of nitro groups is 1. The van der Waals surface area contributed by atoms with Gasteiger partial charge in [0.05, 0.1) is 15.9 Å². The molecule has 7 heteroatoms. The smallest absolute Gasteiger partial charge is 0.319 e. The van der Waals surface area contributed by atoms with Crippen molar-refractivity contribution in [1.29, 1.82) is 0 Å². The second-order valence-electron chi connectivity index (χ2n) is 3.79. The van der Waals surface area contributed by atoms with Gasteiger partial charge < -0.3 is 5.11 Å². The number of carboxylic acid groups (broad SMARTS) is 1. The number of thioether (sulfide) groups is 1. The fourth-order valence-electron chi connectivity index (χ4n) is 1.04. The van der Waals surface area contributed by atoms with Gasteiger partial charge in [-0.3, -0.25) is 14.9 Å². The highest BCUT2D eigenvalue weighted by atomic mass is 32.2. The molecule has 0 heterocycles. The minimum absolute atomic E-state index is 0.129. The average Bonchev–Trinajstić information content (AvgIpc) is 2.19. The number of benzene rings is 1. The number of rotatable bonds is 4. The first kappa shape index (κ1) is 13.4. The van der Waals surface area contributed by atoms with Crippen LogP contribution in [0.25, 0.3) is 0 Å². The van der Waals surface area contributed by atoms with E-state index in [2.05, 4.69) is 0 Å². The maximum absolute atomic E-state index is 12.9. The highest BCUT2D eigenvalue weighted by Gasteiger charge is 2.31. The Hall–Kier alpha value is -1.63. The van der Waals surface area contributed by atoms with Gasteiger partial charge in [0.25, 0.3) is 5.69 Å². The lowest BCUT2D eigenvalue weighted by molar-refractivity contribution is -0.387. The van der Waals surface area contributed by atoms with E-state index in [0.29, 0.717) is 0 Å². The van der Waals surface area contributed by atoms with Gasteiger partial charge in [-0.05, 0) is 26.0 Å². The molecular formula is C10H10FNO4S. The summed E-state index contributed by atoms with van der Waals surface area (Å²) in [6.45, 7) is 2.85. The molecule has 1 aromatic carbocycles. The van der Waals surface area contributed by atoms with Gasteiger partial charge in [-0.15, -0.1) is 11.8 Å². The molecule has 0 unspecified atom stereocenters. The molecule has 0 aliphatic carbocycles. The average molecular weight is 259 g/mol. The van der Waals surface area contributed by atoms with Crippen LogP contribution in [0.3, 0.4) is 0 Å². The van der Waals surface area contributed by atoms with Gasteiger partial charge in [-0.2, -0.15) is 0 Å². The van der Waals surface area contributed by atoms with Crippen molar-refractivity contribution in [3.8, 4) is 0 Å². The molecule has 0 saturated carbocycles. The third kappa shape index (κ3) is 3.16. The van der Waals surface area contributed by atoms with Crippen molar-refractivity contribution in [2.45, 2.75) is 23.5 Å². The summed E-state index contributed by atoms with van der Waals surface area (Å²) in [5, 5.41) is 19.6. The van der Waals surface area contributed by atoms with Gasteiger partial charge in [-0.25, -0.2) is 4.39 Å². The third-order valence-electron chi connectivity index (χ3n) is 2.00. The Morgan fingerprint density at radius 2 is 2.12 bits per heavy atom. The number of nitro benzene ring substituents is 1. The van der Waals surface area contributed by atoms with E-state index >= 15 is 0 Å². The molecular weight excluding hydrogens is 249 g/mol. The maximum atomic E-state index is 12.9. The van der Waals surface area contributed by atoms with Gasteiger partial charge in [0.15, 0.2) is 0 Å². The van der Waals surface area contributed by atoms with Crippen molar-refractivity contribution in [2.24, 2.45) is 0 Å². The summed E-state index contributed by atoms with van der Waals surface area (Å²) in [7, 11) is 0. The molecule has 0 radical (unpaired) electrons. The minimum Gasteiger partial charge on any atom is -0.480 e. The van der Waals surface area contributed by atoms with Crippen LogP contribution < -0.4 is 0 Å². The molecule has 5 nitrogen and oxygen atoms in total. The largest absolute Gasteiger partial charge is 0.480 e. The van der Waals surface area contributed by atoms with E-state index in [-0.39, 0.29) is 4.90 Å². The first-order valence-corrected chi connectivity index (χ1v) is 5.42. The lowest BCUT2D eigenvalue weighted by Crippen LogP contribution is -2.27. The van der Waals surface area contributed by atoms with Gasteiger partial charge in [0, 0.05) is 0 Å². The van der Waals surface area contributed by atoms with Crippen LogP contribution in [-0.4, -0.2) is 20.7 Å². The van der Waals surface area contributed by atoms with Crippen molar-refractivity contribution in [3.05, 3.63) is 34.1 Å². The fraction of sp³-hybridized carbons (Fsp3) is 0.300. The van der Waals surface area contributed by atoms with E-state index in [4.69, 9.17) is 5.11 Å². The number of carboxylic acids is 1. The summed E-state index contributed by atoms with van der Waals surface area (Å²) in [4.78, 5) is 21.0. The van der Waals surface area contributed by atoms with Gasteiger partial charge in [0.1, 0.15) is 10.6 Å². The van der Waals surface area contributed by atoms with Crippen LogP contribution in [0.5, 0.6) is 0 Å². The molecule has 0 fully saturated rings. The second kappa shape index (κ2) is 4.70. The SMILES string of the molecule is CC(C)(Sc1ccc(F)cc1[N+](=O)[O-])C(=O)O. The molecule has 92 valence electrons. The summed E-state index contributed by atoms with van der Waals surface area (Å²) >= 11 is 0.810. The molecule has 1 N–H and O–H groups in total. The quantitative estimate of drug-likeness (QED) is 0.510. The Labute approximate surface area is 101 Å². The number of hydrogen-bond donors (Lipinski definition) is 1.